The summed E-state index contributed by atoms with van der Waals surface area (Å²) in [5, 5.41) is 4.01. The van der Waals surface area contributed by atoms with Crippen molar-refractivity contribution in [2.75, 3.05) is 0 Å². The van der Waals surface area contributed by atoms with Crippen LogP contribution in [0.2, 0.25) is 0 Å². The van der Waals surface area contributed by atoms with Gasteiger partial charge in [0.15, 0.2) is 7.29 Å². The number of hydrogen-bond donors (Lipinski definition) is 1. The molecule has 2 rings (SSSR count). The standard InChI is InChI=1S/C19H26NOP/c1-15-11-9-10-14-18(15)16(2)20-22(21,19(3,4)5)17-12-7-6-8-13-17/h6-14,16H,1-5H3,(H,20,21). The lowest BCUT2D eigenvalue weighted by Gasteiger charge is -2.35. The fraction of sp³-hybridized carbons (Fsp3) is 0.368. The third kappa shape index (κ3) is 3.34. The topological polar surface area (TPSA) is 29.1 Å². The van der Waals surface area contributed by atoms with E-state index in [1.807, 2.05) is 63.2 Å². The van der Waals surface area contributed by atoms with Crippen molar-refractivity contribution in [1.82, 2.24) is 5.09 Å². The molecular weight excluding hydrogens is 289 g/mol. The van der Waals surface area contributed by atoms with Crippen molar-refractivity contribution in [2.45, 2.75) is 45.8 Å². The first-order chi connectivity index (χ1) is 10.3. The average molecular weight is 315 g/mol. The van der Waals surface area contributed by atoms with Gasteiger partial charge in [0.05, 0.1) is 0 Å². The van der Waals surface area contributed by atoms with Crippen LogP contribution < -0.4 is 10.4 Å². The molecule has 3 heteroatoms. The van der Waals surface area contributed by atoms with Crippen LogP contribution in [0.15, 0.2) is 54.6 Å². The molecule has 0 saturated carbocycles. The fourth-order valence-corrected chi connectivity index (χ4v) is 5.30. The van der Waals surface area contributed by atoms with E-state index in [4.69, 9.17) is 0 Å². The number of rotatable bonds is 4. The third-order valence-corrected chi connectivity index (χ3v) is 7.76. The molecule has 0 radical (unpaired) electrons. The minimum atomic E-state index is -2.75. The summed E-state index contributed by atoms with van der Waals surface area (Å²) >= 11 is 0. The summed E-state index contributed by atoms with van der Waals surface area (Å²) in [6.07, 6.45) is 0. The second-order valence-corrected chi connectivity index (χ2v) is 10.2. The van der Waals surface area contributed by atoms with Crippen LogP contribution in [-0.4, -0.2) is 5.16 Å². The van der Waals surface area contributed by atoms with Gasteiger partial charge in [0.2, 0.25) is 0 Å². The van der Waals surface area contributed by atoms with Gasteiger partial charge >= 0.3 is 0 Å². The highest BCUT2D eigenvalue weighted by Crippen LogP contribution is 2.54. The third-order valence-electron chi connectivity index (χ3n) is 4.09. The molecule has 2 aromatic carbocycles. The van der Waals surface area contributed by atoms with E-state index < -0.39 is 7.29 Å². The van der Waals surface area contributed by atoms with Crippen molar-refractivity contribution in [3.8, 4) is 0 Å². The molecule has 1 N–H and O–H groups in total. The molecule has 0 amide bonds. The maximum atomic E-state index is 13.8. The fourth-order valence-electron chi connectivity index (χ4n) is 2.71. The van der Waals surface area contributed by atoms with Crippen LogP contribution in [0.5, 0.6) is 0 Å². The van der Waals surface area contributed by atoms with E-state index in [0.29, 0.717) is 0 Å². The maximum Gasteiger partial charge on any atom is 0.181 e. The van der Waals surface area contributed by atoms with E-state index in [-0.39, 0.29) is 11.2 Å². The maximum absolute atomic E-state index is 13.8. The molecule has 2 unspecified atom stereocenters. The zero-order valence-electron chi connectivity index (χ0n) is 14.1. The van der Waals surface area contributed by atoms with E-state index in [1.165, 1.54) is 11.1 Å². The Labute approximate surface area is 134 Å². The molecule has 0 fully saturated rings. The summed E-state index contributed by atoms with van der Waals surface area (Å²) in [5.41, 5.74) is 2.42. The summed E-state index contributed by atoms with van der Waals surface area (Å²) in [4.78, 5) is 0. The van der Waals surface area contributed by atoms with Crippen molar-refractivity contribution in [2.24, 2.45) is 0 Å². The first-order valence-corrected chi connectivity index (χ1v) is 9.45. The molecule has 0 aliphatic rings. The summed E-state index contributed by atoms with van der Waals surface area (Å²) in [5.74, 6) is 0. The Morgan fingerprint density at radius 3 is 2.05 bits per heavy atom. The molecule has 0 aliphatic heterocycles. The lowest BCUT2D eigenvalue weighted by atomic mass is 10.0. The molecule has 0 bridgehead atoms. The van der Waals surface area contributed by atoms with Gasteiger partial charge in [-0.15, -0.1) is 0 Å². The Hall–Kier alpha value is -1.37. The Bertz CT molecular complexity index is 673. The van der Waals surface area contributed by atoms with E-state index in [9.17, 15) is 4.57 Å². The van der Waals surface area contributed by atoms with E-state index in [2.05, 4.69) is 31.1 Å². The molecule has 0 aliphatic carbocycles. The molecule has 0 saturated heterocycles. The normalized spacial score (nSPS) is 16.0. The van der Waals surface area contributed by atoms with E-state index in [0.717, 1.165) is 5.30 Å². The molecule has 0 spiro atoms. The average Bonchev–Trinajstić information content (AvgIpc) is 2.47. The number of benzene rings is 2. The van der Waals surface area contributed by atoms with Crippen LogP contribution in [0.25, 0.3) is 0 Å². The largest absolute Gasteiger partial charge is 0.301 e. The van der Waals surface area contributed by atoms with Crippen molar-refractivity contribution in [3.63, 3.8) is 0 Å². The molecule has 2 aromatic rings. The second kappa shape index (κ2) is 6.40. The minimum Gasteiger partial charge on any atom is -0.301 e. The van der Waals surface area contributed by atoms with Gasteiger partial charge in [0.25, 0.3) is 0 Å². The van der Waals surface area contributed by atoms with Crippen LogP contribution in [0.4, 0.5) is 0 Å². The first kappa shape index (κ1) is 17.0. The van der Waals surface area contributed by atoms with Crippen molar-refractivity contribution < 1.29 is 4.57 Å². The minimum absolute atomic E-state index is 0.0338. The highest BCUT2D eigenvalue weighted by atomic mass is 31.2. The smallest absolute Gasteiger partial charge is 0.181 e. The van der Waals surface area contributed by atoms with E-state index >= 15 is 0 Å². The van der Waals surface area contributed by atoms with E-state index in [1.54, 1.807) is 0 Å². The lowest BCUT2D eigenvalue weighted by molar-refractivity contribution is 0.533. The van der Waals surface area contributed by atoms with Crippen LogP contribution in [0.3, 0.4) is 0 Å². The van der Waals surface area contributed by atoms with Gasteiger partial charge in [-0.1, -0.05) is 75.4 Å². The number of aryl methyl sites for hydroxylation is 1. The van der Waals surface area contributed by atoms with Crippen molar-refractivity contribution >= 4 is 12.6 Å². The van der Waals surface area contributed by atoms with Gasteiger partial charge in [-0.3, -0.25) is 5.09 Å². The molecule has 0 heterocycles. The summed E-state index contributed by atoms with van der Waals surface area (Å²) < 4.78 is 13.8. The van der Waals surface area contributed by atoms with Gasteiger partial charge in [-0.05, 0) is 25.0 Å². The molecule has 2 atom stereocenters. The summed E-state index contributed by atoms with van der Waals surface area (Å²) in [7, 11) is -2.75. The number of hydrogen-bond acceptors (Lipinski definition) is 1. The molecular formula is C19H26NOP. The molecule has 118 valence electrons. The van der Waals surface area contributed by atoms with Crippen LogP contribution in [0.1, 0.15) is 44.9 Å². The van der Waals surface area contributed by atoms with Gasteiger partial charge in [-0.2, -0.15) is 0 Å². The Balaban J connectivity index is 2.41. The Kier molecular flexibility index (Phi) is 4.94. The first-order valence-electron chi connectivity index (χ1n) is 7.75. The molecule has 0 aromatic heterocycles. The lowest BCUT2D eigenvalue weighted by Crippen LogP contribution is -2.34. The van der Waals surface area contributed by atoms with Gasteiger partial charge in [0.1, 0.15) is 0 Å². The SMILES string of the molecule is Cc1ccccc1C(C)NP(=O)(c1ccccc1)C(C)(C)C. The highest BCUT2D eigenvalue weighted by molar-refractivity contribution is 7.71. The van der Waals surface area contributed by atoms with Gasteiger partial charge in [-0.25, -0.2) is 0 Å². The number of nitrogens with one attached hydrogen (secondary N) is 1. The predicted molar refractivity (Wildman–Crippen MR) is 96.2 cm³/mol. The van der Waals surface area contributed by atoms with Crippen molar-refractivity contribution in [3.05, 3.63) is 65.7 Å². The van der Waals surface area contributed by atoms with Crippen LogP contribution >= 0.6 is 7.29 Å². The zero-order chi connectivity index (χ0) is 16.4. The molecule has 2 nitrogen and oxygen atoms in total. The highest BCUT2D eigenvalue weighted by Gasteiger charge is 2.39. The summed E-state index contributed by atoms with van der Waals surface area (Å²) in [6, 6.07) is 18.1. The van der Waals surface area contributed by atoms with Crippen LogP contribution in [-0.2, 0) is 4.57 Å². The predicted octanol–water partition coefficient (Wildman–Crippen LogP) is 5.05. The van der Waals surface area contributed by atoms with Crippen LogP contribution in [0, 0.1) is 6.92 Å². The Morgan fingerprint density at radius 1 is 0.955 bits per heavy atom. The zero-order valence-corrected chi connectivity index (χ0v) is 15.0. The monoisotopic (exact) mass is 315 g/mol. The van der Waals surface area contributed by atoms with Gasteiger partial charge in [0, 0.05) is 16.5 Å². The molecule has 22 heavy (non-hydrogen) atoms. The van der Waals surface area contributed by atoms with Gasteiger partial charge < -0.3 is 4.57 Å². The summed E-state index contributed by atoms with van der Waals surface area (Å²) in [6.45, 7) is 10.3. The Morgan fingerprint density at radius 2 is 1.50 bits per heavy atom. The van der Waals surface area contributed by atoms with Crippen molar-refractivity contribution in [1.29, 1.82) is 0 Å². The quantitative estimate of drug-likeness (QED) is 0.800. The second-order valence-electron chi connectivity index (χ2n) is 6.82.